The van der Waals surface area contributed by atoms with Crippen molar-refractivity contribution < 1.29 is 14.3 Å². The normalized spacial score (nSPS) is 10.5. The monoisotopic (exact) mass is 402 g/mol. The fourth-order valence-corrected chi connectivity index (χ4v) is 2.88. The summed E-state index contributed by atoms with van der Waals surface area (Å²) in [6.45, 7) is 4.79. The van der Waals surface area contributed by atoms with Gasteiger partial charge in [0, 0.05) is 5.69 Å². The Kier molecular flexibility index (Phi) is 7.22. The fraction of sp³-hybridized carbons (Fsp3) is 0.200. The van der Waals surface area contributed by atoms with Crippen LogP contribution in [0.5, 0.6) is 5.75 Å². The molecule has 5 heteroatoms. The Hall–Kier alpha value is -3.60. The number of hydrogen-bond acceptors (Lipinski definition) is 3. The number of carbonyl (C=O) groups is 2. The maximum Gasteiger partial charge on any atom is 0.259 e. The van der Waals surface area contributed by atoms with E-state index in [2.05, 4.69) is 24.5 Å². The molecule has 154 valence electrons. The molecule has 0 radical (unpaired) electrons. The van der Waals surface area contributed by atoms with Crippen molar-refractivity contribution in [3.05, 3.63) is 90.0 Å². The summed E-state index contributed by atoms with van der Waals surface area (Å²) in [5, 5.41) is 5.70. The molecule has 0 atom stereocenters. The maximum atomic E-state index is 12.9. The highest BCUT2D eigenvalue weighted by molar-refractivity contribution is 6.13. The van der Waals surface area contributed by atoms with Gasteiger partial charge in [0.2, 0.25) is 0 Å². The van der Waals surface area contributed by atoms with Gasteiger partial charge in [0.1, 0.15) is 5.75 Å². The van der Waals surface area contributed by atoms with Crippen molar-refractivity contribution in [2.24, 2.45) is 5.92 Å². The average molecular weight is 402 g/mol. The van der Waals surface area contributed by atoms with Crippen molar-refractivity contribution in [1.29, 1.82) is 0 Å². The molecule has 3 rings (SSSR count). The lowest BCUT2D eigenvalue weighted by Crippen LogP contribution is -2.19. The molecule has 3 aromatic rings. The maximum absolute atomic E-state index is 12.9. The quantitative estimate of drug-likeness (QED) is 0.514. The van der Waals surface area contributed by atoms with Gasteiger partial charge in [0.25, 0.3) is 11.8 Å². The Balaban J connectivity index is 1.76. The summed E-state index contributed by atoms with van der Waals surface area (Å²) in [5.41, 5.74) is 1.94. The van der Waals surface area contributed by atoms with E-state index in [0.29, 0.717) is 40.8 Å². The largest absolute Gasteiger partial charge is 0.493 e. The molecule has 2 N–H and O–H groups in total. The van der Waals surface area contributed by atoms with E-state index in [1.165, 1.54) is 0 Å². The van der Waals surface area contributed by atoms with Gasteiger partial charge in [-0.2, -0.15) is 0 Å². The standard InChI is InChI=1S/C25H26N2O3/c1-18(2)16-17-30-23-15-9-7-13-21(23)25(29)27-22-14-8-6-12-20(22)24(28)26-19-10-4-3-5-11-19/h3-15,18H,16-17H2,1-2H3,(H,26,28)(H,27,29). The highest BCUT2D eigenvalue weighted by Crippen LogP contribution is 2.23. The molecule has 2 amide bonds. The smallest absolute Gasteiger partial charge is 0.259 e. The van der Waals surface area contributed by atoms with E-state index in [1.54, 1.807) is 42.5 Å². The molecule has 0 aliphatic rings. The molecule has 0 unspecified atom stereocenters. The second kappa shape index (κ2) is 10.3. The van der Waals surface area contributed by atoms with E-state index >= 15 is 0 Å². The minimum absolute atomic E-state index is 0.293. The van der Waals surface area contributed by atoms with Gasteiger partial charge in [-0.1, -0.05) is 56.3 Å². The molecule has 0 aliphatic carbocycles. The summed E-state index contributed by atoms with van der Waals surface area (Å²) < 4.78 is 5.82. The number of benzene rings is 3. The zero-order chi connectivity index (χ0) is 21.3. The summed E-state index contributed by atoms with van der Waals surface area (Å²) in [4.78, 5) is 25.7. The summed E-state index contributed by atoms with van der Waals surface area (Å²) in [7, 11) is 0. The molecule has 0 aliphatic heterocycles. The van der Waals surface area contributed by atoms with Crippen LogP contribution in [0.1, 0.15) is 41.0 Å². The second-order valence-corrected chi connectivity index (χ2v) is 7.35. The van der Waals surface area contributed by atoms with Crippen LogP contribution < -0.4 is 15.4 Å². The van der Waals surface area contributed by atoms with E-state index in [4.69, 9.17) is 4.74 Å². The van der Waals surface area contributed by atoms with Gasteiger partial charge >= 0.3 is 0 Å². The van der Waals surface area contributed by atoms with Crippen molar-refractivity contribution in [2.45, 2.75) is 20.3 Å². The summed E-state index contributed by atoms with van der Waals surface area (Å²) >= 11 is 0. The van der Waals surface area contributed by atoms with Crippen molar-refractivity contribution in [1.82, 2.24) is 0 Å². The van der Waals surface area contributed by atoms with Crippen LogP contribution in [0.2, 0.25) is 0 Å². The predicted molar refractivity (Wildman–Crippen MR) is 120 cm³/mol. The topological polar surface area (TPSA) is 67.4 Å². The lowest BCUT2D eigenvalue weighted by Gasteiger charge is -2.14. The highest BCUT2D eigenvalue weighted by atomic mass is 16.5. The van der Waals surface area contributed by atoms with Gasteiger partial charge in [0.15, 0.2) is 0 Å². The second-order valence-electron chi connectivity index (χ2n) is 7.35. The Labute approximate surface area is 177 Å². The SMILES string of the molecule is CC(C)CCOc1ccccc1C(=O)Nc1ccccc1C(=O)Nc1ccccc1. The van der Waals surface area contributed by atoms with E-state index in [0.717, 1.165) is 6.42 Å². The number of amides is 2. The molecule has 0 fully saturated rings. The van der Waals surface area contributed by atoms with Gasteiger partial charge < -0.3 is 15.4 Å². The Bertz CT molecular complexity index is 1000. The van der Waals surface area contributed by atoms with Crippen molar-refractivity contribution >= 4 is 23.2 Å². The summed E-state index contributed by atoms with van der Waals surface area (Å²) in [6, 6.07) is 23.2. The molecular formula is C25H26N2O3. The highest BCUT2D eigenvalue weighted by Gasteiger charge is 2.17. The molecule has 0 bridgehead atoms. The molecule has 3 aromatic carbocycles. The molecule has 5 nitrogen and oxygen atoms in total. The number of hydrogen-bond donors (Lipinski definition) is 2. The zero-order valence-corrected chi connectivity index (χ0v) is 17.2. The van der Waals surface area contributed by atoms with Crippen LogP contribution in [0, 0.1) is 5.92 Å². The third-order valence-corrected chi connectivity index (χ3v) is 4.54. The van der Waals surface area contributed by atoms with E-state index in [9.17, 15) is 9.59 Å². The molecule has 0 saturated heterocycles. The van der Waals surface area contributed by atoms with E-state index in [-0.39, 0.29) is 11.8 Å². The van der Waals surface area contributed by atoms with Gasteiger partial charge in [-0.15, -0.1) is 0 Å². The van der Waals surface area contributed by atoms with Crippen LogP contribution >= 0.6 is 0 Å². The lowest BCUT2D eigenvalue weighted by molar-refractivity contribution is 0.102. The van der Waals surface area contributed by atoms with Crippen LogP contribution in [0.15, 0.2) is 78.9 Å². The average Bonchev–Trinajstić information content (AvgIpc) is 2.75. The van der Waals surface area contributed by atoms with Crippen LogP contribution in [-0.4, -0.2) is 18.4 Å². The number of nitrogens with one attached hydrogen (secondary N) is 2. The first-order chi connectivity index (χ1) is 14.5. The first-order valence-electron chi connectivity index (χ1n) is 10.0. The predicted octanol–water partition coefficient (Wildman–Crippen LogP) is 5.62. The molecule has 0 aromatic heterocycles. The number of carbonyl (C=O) groups excluding carboxylic acids is 2. The molecule has 30 heavy (non-hydrogen) atoms. The van der Waals surface area contributed by atoms with Crippen LogP contribution in [-0.2, 0) is 0 Å². The minimum Gasteiger partial charge on any atom is -0.493 e. The zero-order valence-electron chi connectivity index (χ0n) is 17.2. The van der Waals surface area contributed by atoms with Crippen molar-refractivity contribution in [3.8, 4) is 5.75 Å². The van der Waals surface area contributed by atoms with Gasteiger partial charge in [-0.25, -0.2) is 0 Å². The van der Waals surface area contributed by atoms with Crippen LogP contribution in [0.4, 0.5) is 11.4 Å². The Morgan fingerprint density at radius 1 is 0.767 bits per heavy atom. The molecular weight excluding hydrogens is 376 g/mol. The third-order valence-electron chi connectivity index (χ3n) is 4.54. The van der Waals surface area contributed by atoms with E-state index < -0.39 is 0 Å². The molecule has 0 saturated carbocycles. The van der Waals surface area contributed by atoms with Gasteiger partial charge in [-0.05, 0) is 48.7 Å². The fourth-order valence-electron chi connectivity index (χ4n) is 2.88. The summed E-state index contributed by atoms with van der Waals surface area (Å²) in [6.07, 6.45) is 0.901. The first kappa shape index (κ1) is 21.1. The van der Waals surface area contributed by atoms with Crippen LogP contribution in [0.25, 0.3) is 0 Å². The number of ether oxygens (including phenoxy) is 1. The lowest BCUT2D eigenvalue weighted by atomic mass is 10.1. The minimum atomic E-state index is -0.324. The van der Waals surface area contributed by atoms with Gasteiger partial charge in [0.05, 0.1) is 23.4 Å². The van der Waals surface area contributed by atoms with Crippen molar-refractivity contribution in [3.63, 3.8) is 0 Å². The number of anilines is 2. The third kappa shape index (κ3) is 5.70. The van der Waals surface area contributed by atoms with E-state index in [1.807, 2.05) is 36.4 Å². The molecule has 0 heterocycles. The van der Waals surface area contributed by atoms with Gasteiger partial charge in [-0.3, -0.25) is 9.59 Å². The van der Waals surface area contributed by atoms with Crippen molar-refractivity contribution in [2.75, 3.05) is 17.2 Å². The number of rotatable bonds is 8. The van der Waals surface area contributed by atoms with Crippen LogP contribution in [0.3, 0.4) is 0 Å². The Morgan fingerprint density at radius 2 is 1.37 bits per heavy atom. The number of para-hydroxylation sites is 3. The molecule has 0 spiro atoms. The first-order valence-corrected chi connectivity index (χ1v) is 10.0. The summed E-state index contributed by atoms with van der Waals surface area (Å²) in [5.74, 6) is 0.427. The Morgan fingerprint density at radius 3 is 2.10 bits per heavy atom.